The average molecular weight is 275 g/mol. The van der Waals surface area contributed by atoms with Gasteiger partial charge in [-0.15, -0.1) is 0 Å². The number of rotatable bonds is 5. The van der Waals surface area contributed by atoms with Gasteiger partial charge in [-0.2, -0.15) is 0 Å². The van der Waals surface area contributed by atoms with Crippen LogP contribution in [0.3, 0.4) is 0 Å². The highest BCUT2D eigenvalue weighted by molar-refractivity contribution is 8.13. The van der Waals surface area contributed by atoms with Gasteiger partial charge in [-0.3, -0.25) is 9.59 Å². The van der Waals surface area contributed by atoms with Crippen molar-refractivity contribution in [1.29, 1.82) is 0 Å². The van der Waals surface area contributed by atoms with Crippen LogP contribution in [0.25, 0.3) is 5.70 Å². The number of unbranched alkanes of at least 4 members (excludes halogenated alkanes) is 1. The molecule has 0 atom stereocenters. The third-order valence-corrected chi connectivity index (χ3v) is 4.02. The third kappa shape index (κ3) is 3.07. The van der Waals surface area contributed by atoms with Crippen LogP contribution in [0.1, 0.15) is 35.7 Å². The first-order valence-corrected chi connectivity index (χ1v) is 7.33. The fourth-order valence-corrected chi connectivity index (χ4v) is 2.79. The Morgan fingerprint density at radius 3 is 2.58 bits per heavy atom. The van der Waals surface area contributed by atoms with Crippen LogP contribution >= 0.6 is 11.8 Å². The highest BCUT2D eigenvalue weighted by Gasteiger charge is 2.29. The molecule has 0 fully saturated rings. The van der Waals surface area contributed by atoms with Crippen molar-refractivity contribution in [3.63, 3.8) is 0 Å². The van der Waals surface area contributed by atoms with E-state index in [1.54, 1.807) is 11.8 Å². The number of fused-ring (bicyclic) bond motifs is 1. The van der Waals surface area contributed by atoms with Crippen LogP contribution in [0.15, 0.2) is 30.8 Å². The molecule has 0 aromatic heterocycles. The molecule has 0 bridgehead atoms. The molecule has 0 aliphatic carbocycles. The maximum Gasteiger partial charge on any atom is 0.258 e. The summed E-state index contributed by atoms with van der Waals surface area (Å²) in [6.07, 6.45) is 1.82. The number of carbonyl (C=O) groups excluding carboxylic acids is 2. The van der Waals surface area contributed by atoms with Crippen molar-refractivity contribution in [3.05, 3.63) is 42.0 Å². The predicted molar refractivity (Wildman–Crippen MR) is 78.9 cm³/mol. The Bertz CT molecular complexity index is 490. The van der Waals surface area contributed by atoms with Gasteiger partial charge in [0.25, 0.3) is 5.91 Å². The van der Waals surface area contributed by atoms with E-state index in [9.17, 15) is 9.59 Å². The fourth-order valence-electron chi connectivity index (χ4n) is 2.16. The molecule has 0 spiro atoms. The summed E-state index contributed by atoms with van der Waals surface area (Å²) in [5, 5.41) is 0.147. The Labute approximate surface area is 117 Å². The van der Waals surface area contributed by atoms with Gasteiger partial charge in [0.15, 0.2) is 5.12 Å². The largest absolute Gasteiger partial charge is 0.308 e. The topological polar surface area (TPSA) is 37.4 Å². The van der Waals surface area contributed by atoms with Gasteiger partial charge in [-0.05, 0) is 18.9 Å². The van der Waals surface area contributed by atoms with Crippen LogP contribution in [-0.4, -0.2) is 28.2 Å². The lowest BCUT2D eigenvalue weighted by Crippen LogP contribution is -2.24. The average Bonchev–Trinajstić information content (AvgIpc) is 2.63. The zero-order valence-corrected chi connectivity index (χ0v) is 11.8. The number of hydrogen-bond acceptors (Lipinski definition) is 3. The molecule has 2 rings (SSSR count). The van der Waals surface area contributed by atoms with Gasteiger partial charge in [-0.25, -0.2) is 0 Å². The van der Waals surface area contributed by atoms with E-state index in [0.717, 1.165) is 35.4 Å². The van der Waals surface area contributed by atoms with E-state index in [4.69, 9.17) is 0 Å². The molecule has 0 saturated carbocycles. The summed E-state index contributed by atoms with van der Waals surface area (Å²) < 4.78 is 0. The third-order valence-electron chi connectivity index (χ3n) is 3.12. The quantitative estimate of drug-likeness (QED) is 0.775. The monoisotopic (exact) mass is 275 g/mol. The van der Waals surface area contributed by atoms with Gasteiger partial charge in [-0.1, -0.05) is 36.5 Å². The number of amides is 1. The minimum absolute atomic E-state index is 0.0415. The maximum atomic E-state index is 12.2. The van der Waals surface area contributed by atoms with Crippen molar-refractivity contribution in [1.82, 2.24) is 4.90 Å². The smallest absolute Gasteiger partial charge is 0.258 e. The lowest BCUT2D eigenvalue weighted by Gasteiger charge is -2.16. The lowest BCUT2D eigenvalue weighted by atomic mass is 10.1. The summed E-state index contributed by atoms with van der Waals surface area (Å²) in [5.74, 6) is 0.858. The molecular weight excluding hydrogens is 258 g/mol. The highest BCUT2D eigenvalue weighted by Crippen LogP contribution is 2.31. The number of thioether (sulfide) groups is 1. The van der Waals surface area contributed by atoms with Crippen molar-refractivity contribution in [3.8, 4) is 0 Å². The van der Waals surface area contributed by atoms with E-state index in [1.165, 1.54) is 11.8 Å². The fraction of sp³-hybridized carbons (Fsp3) is 0.333. The highest BCUT2D eigenvalue weighted by atomic mass is 32.2. The second-order valence-electron chi connectivity index (χ2n) is 4.50. The van der Waals surface area contributed by atoms with E-state index < -0.39 is 0 Å². The minimum atomic E-state index is 0.0415. The molecule has 0 unspecified atom stereocenters. The first kappa shape index (κ1) is 13.9. The summed E-state index contributed by atoms with van der Waals surface area (Å²) in [5.41, 5.74) is 2.47. The van der Waals surface area contributed by atoms with Crippen LogP contribution in [0.4, 0.5) is 0 Å². The van der Waals surface area contributed by atoms with E-state index >= 15 is 0 Å². The Morgan fingerprint density at radius 2 is 1.95 bits per heavy atom. The SMILES string of the molecule is C=C1c2ccccc2C(=O)N1CCCCSC(C)=O. The predicted octanol–water partition coefficient (Wildman–Crippen LogP) is 3.17. The van der Waals surface area contributed by atoms with Crippen molar-refractivity contribution in [2.24, 2.45) is 0 Å². The lowest BCUT2D eigenvalue weighted by molar-refractivity contribution is -0.109. The van der Waals surface area contributed by atoms with Crippen LogP contribution in [-0.2, 0) is 4.79 Å². The van der Waals surface area contributed by atoms with Gasteiger partial charge in [0.1, 0.15) is 0 Å². The summed E-state index contributed by atoms with van der Waals surface area (Å²) in [7, 11) is 0. The minimum Gasteiger partial charge on any atom is -0.308 e. The Morgan fingerprint density at radius 1 is 1.26 bits per heavy atom. The molecule has 19 heavy (non-hydrogen) atoms. The molecule has 0 saturated heterocycles. The zero-order valence-electron chi connectivity index (χ0n) is 11.0. The number of hydrogen-bond donors (Lipinski definition) is 0. The van der Waals surface area contributed by atoms with Crippen LogP contribution in [0.2, 0.25) is 0 Å². The van der Waals surface area contributed by atoms with E-state index in [-0.39, 0.29) is 11.0 Å². The molecule has 3 nitrogen and oxygen atoms in total. The first-order valence-electron chi connectivity index (χ1n) is 6.35. The van der Waals surface area contributed by atoms with Crippen LogP contribution in [0, 0.1) is 0 Å². The summed E-state index contributed by atoms with van der Waals surface area (Å²) in [4.78, 5) is 24.7. The van der Waals surface area contributed by atoms with E-state index in [2.05, 4.69) is 6.58 Å². The van der Waals surface area contributed by atoms with E-state index in [0.29, 0.717) is 6.54 Å². The second kappa shape index (κ2) is 6.06. The molecule has 1 amide bonds. The summed E-state index contributed by atoms with van der Waals surface area (Å²) in [6.45, 7) is 6.25. The summed E-state index contributed by atoms with van der Waals surface area (Å²) >= 11 is 1.34. The van der Waals surface area contributed by atoms with Gasteiger partial charge in [0, 0.05) is 36.0 Å². The molecule has 1 heterocycles. The maximum absolute atomic E-state index is 12.2. The number of nitrogens with zero attached hydrogens (tertiary/aromatic N) is 1. The Hall–Kier alpha value is -1.55. The first-order chi connectivity index (χ1) is 9.11. The van der Waals surface area contributed by atoms with Gasteiger partial charge in [0.2, 0.25) is 0 Å². The molecule has 100 valence electrons. The molecule has 1 aliphatic rings. The molecule has 1 aromatic rings. The van der Waals surface area contributed by atoms with Gasteiger partial charge in [0.05, 0.1) is 0 Å². The molecule has 0 N–H and O–H groups in total. The van der Waals surface area contributed by atoms with Crippen molar-refractivity contribution < 1.29 is 9.59 Å². The standard InChI is InChI=1S/C15H17NO2S/c1-11-13-7-3-4-8-14(13)15(18)16(11)9-5-6-10-19-12(2)17/h3-4,7-8H,1,5-6,9-10H2,2H3. The van der Waals surface area contributed by atoms with Crippen molar-refractivity contribution >= 4 is 28.5 Å². The summed E-state index contributed by atoms with van der Waals surface area (Å²) in [6, 6.07) is 7.57. The second-order valence-corrected chi connectivity index (χ2v) is 5.77. The molecule has 0 radical (unpaired) electrons. The molecular formula is C15H17NO2S. The van der Waals surface area contributed by atoms with Crippen LogP contribution in [0.5, 0.6) is 0 Å². The van der Waals surface area contributed by atoms with Gasteiger partial charge >= 0.3 is 0 Å². The Kier molecular flexibility index (Phi) is 4.43. The zero-order chi connectivity index (χ0) is 13.8. The van der Waals surface area contributed by atoms with E-state index in [1.807, 2.05) is 24.3 Å². The van der Waals surface area contributed by atoms with Crippen molar-refractivity contribution in [2.45, 2.75) is 19.8 Å². The number of benzene rings is 1. The van der Waals surface area contributed by atoms with Gasteiger partial charge < -0.3 is 4.90 Å². The molecule has 1 aliphatic heterocycles. The van der Waals surface area contributed by atoms with Crippen molar-refractivity contribution in [2.75, 3.05) is 12.3 Å². The normalized spacial score (nSPS) is 13.8. The molecule has 1 aromatic carbocycles. The van der Waals surface area contributed by atoms with Crippen LogP contribution < -0.4 is 0 Å². The Balaban J connectivity index is 1.88. The number of carbonyl (C=O) groups is 2. The molecule has 4 heteroatoms.